The highest BCUT2D eigenvalue weighted by molar-refractivity contribution is 5.76. The first-order valence-electron chi connectivity index (χ1n) is 19.3. The molecule has 0 radical (unpaired) electrons. The zero-order chi connectivity index (χ0) is 33.4. The number of nitrogens with two attached hydrogens (primary N) is 1. The van der Waals surface area contributed by atoms with E-state index in [4.69, 9.17) is 19.9 Å². The summed E-state index contributed by atoms with van der Waals surface area (Å²) in [6, 6.07) is 0. The van der Waals surface area contributed by atoms with Gasteiger partial charge in [-0.1, -0.05) is 41.5 Å². The molecule has 13 unspecified atom stereocenters. The van der Waals surface area contributed by atoms with Crippen molar-refractivity contribution in [3.8, 4) is 0 Å². The highest BCUT2D eigenvalue weighted by Crippen LogP contribution is 2.92. The van der Waals surface area contributed by atoms with Crippen molar-refractivity contribution in [2.24, 2.45) is 61.9 Å². The molecule has 2 heterocycles. The zero-order valence-electron chi connectivity index (χ0n) is 30.0. The average molecular weight is 655 g/mol. The maximum absolute atomic E-state index is 12.9. The van der Waals surface area contributed by atoms with E-state index in [1.165, 1.54) is 32.1 Å². The summed E-state index contributed by atoms with van der Waals surface area (Å²) in [7, 11) is 0. The highest BCUT2D eigenvalue weighted by Gasteiger charge is 2.87. The Labute approximate surface area is 282 Å². The molecule has 0 aromatic rings. The van der Waals surface area contributed by atoms with Crippen molar-refractivity contribution in [1.29, 1.82) is 0 Å². The second kappa shape index (κ2) is 10.6. The van der Waals surface area contributed by atoms with Crippen LogP contribution < -0.4 is 5.73 Å². The molecule has 8 heteroatoms. The van der Waals surface area contributed by atoms with Crippen LogP contribution >= 0.6 is 0 Å². The van der Waals surface area contributed by atoms with Crippen molar-refractivity contribution < 1.29 is 28.9 Å². The van der Waals surface area contributed by atoms with Crippen LogP contribution in [0.5, 0.6) is 0 Å². The molecule has 13 atom stereocenters. The SMILES string of the molecule is CC1CC(CCC(N)=O)OC2C1C1(C)CCC34CC35CCC(OC3CN(C(=O)CC6CC6)CCO3)C(C)(C)C5(C)CCC4C1(C)C2O. The van der Waals surface area contributed by atoms with E-state index in [1.807, 2.05) is 4.90 Å². The van der Waals surface area contributed by atoms with Crippen LogP contribution in [0.25, 0.3) is 0 Å². The van der Waals surface area contributed by atoms with Gasteiger partial charge in [0.15, 0.2) is 6.29 Å². The van der Waals surface area contributed by atoms with Gasteiger partial charge < -0.3 is 30.0 Å². The van der Waals surface area contributed by atoms with Gasteiger partial charge in [-0.05, 0) is 121 Å². The number of hydrogen-bond acceptors (Lipinski definition) is 6. The van der Waals surface area contributed by atoms with Gasteiger partial charge in [0, 0.05) is 24.8 Å². The Kier molecular flexibility index (Phi) is 7.47. The molecule has 8 rings (SSSR count). The van der Waals surface area contributed by atoms with Gasteiger partial charge in [-0.3, -0.25) is 9.59 Å². The number of aliphatic hydroxyl groups excluding tert-OH is 1. The fourth-order valence-corrected chi connectivity index (χ4v) is 14.3. The molecule has 8 aliphatic rings. The third-order valence-electron chi connectivity index (χ3n) is 17.4. The summed E-state index contributed by atoms with van der Waals surface area (Å²) in [5.74, 6) is 1.84. The lowest BCUT2D eigenvalue weighted by Crippen LogP contribution is -2.63. The highest BCUT2D eigenvalue weighted by atomic mass is 16.7. The number of aliphatic hydroxyl groups is 1. The molecular formula is C39H62N2O6. The van der Waals surface area contributed by atoms with Gasteiger partial charge in [0.1, 0.15) is 0 Å². The van der Waals surface area contributed by atoms with Gasteiger partial charge in [0.25, 0.3) is 0 Å². The smallest absolute Gasteiger partial charge is 0.223 e. The number of rotatable bonds is 7. The molecule has 0 bridgehead atoms. The predicted molar refractivity (Wildman–Crippen MR) is 178 cm³/mol. The number of nitrogens with zero attached hydrogens (tertiary/aromatic N) is 1. The monoisotopic (exact) mass is 654 g/mol. The first-order chi connectivity index (χ1) is 22.1. The van der Waals surface area contributed by atoms with Crippen molar-refractivity contribution in [3.63, 3.8) is 0 Å². The summed E-state index contributed by atoms with van der Waals surface area (Å²) in [4.78, 5) is 26.5. The second-order valence-corrected chi connectivity index (χ2v) is 19.1. The van der Waals surface area contributed by atoms with Crippen molar-refractivity contribution in [3.05, 3.63) is 0 Å². The fourth-order valence-electron chi connectivity index (χ4n) is 14.3. The molecule has 264 valence electrons. The van der Waals surface area contributed by atoms with Gasteiger partial charge in [0.05, 0.1) is 37.6 Å². The van der Waals surface area contributed by atoms with E-state index in [2.05, 4.69) is 41.5 Å². The number of carbonyl (C=O) groups excluding carboxylic acids is 2. The standard InChI is InChI=1S/C39H62N2O6/c1-23-19-25(9-10-28(40)42)46-32-31(23)35(4)15-16-38-22-39(38)14-12-27(47-30-21-41(17-18-45-30)29(43)20-24-7-8-24)34(2,3)36(39,5)13-11-26(38)37(35,6)33(32)44/h23-27,30-33,44H,7-22H2,1-6H3,(H2,40,42). The topological polar surface area (TPSA) is 111 Å². The molecule has 2 spiro atoms. The third kappa shape index (κ3) is 4.32. The number of ether oxygens (including phenoxy) is 3. The molecule has 3 N–H and O–H groups in total. The lowest BCUT2D eigenvalue weighted by molar-refractivity contribution is -0.267. The minimum absolute atomic E-state index is 0.00996. The minimum atomic E-state index is -0.498. The molecular weight excluding hydrogens is 592 g/mol. The van der Waals surface area contributed by atoms with Crippen LogP contribution in [0, 0.1) is 56.2 Å². The van der Waals surface area contributed by atoms with Crippen LogP contribution in [0.4, 0.5) is 0 Å². The van der Waals surface area contributed by atoms with Gasteiger partial charge >= 0.3 is 0 Å². The summed E-state index contributed by atoms with van der Waals surface area (Å²) in [6.45, 7) is 16.6. The predicted octanol–water partition coefficient (Wildman–Crippen LogP) is 5.83. The average Bonchev–Trinajstić information content (AvgIpc) is 3.94. The molecule has 0 aromatic heterocycles. The Morgan fingerprint density at radius 1 is 1.02 bits per heavy atom. The van der Waals surface area contributed by atoms with E-state index in [0.717, 1.165) is 32.1 Å². The third-order valence-corrected chi connectivity index (χ3v) is 17.4. The molecule has 6 saturated carbocycles. The van der Waals surface area contributed by atoms with Gasteiger partial charge in [-0.15, -0.1) is 0 Å². The summed E-state index contributed by atoms with van der Waals surface area (Å²) in [5.41, 5.74) is 5.93. The van der Waals surface area contributed by atoms with Crippen molar-refractivity contribution in [2.75, 3.05) is 19.7 Å². The first kappa shape index (κ1) is 33.0. The van der Waals surface area contributed by atoms with Crippen molar-refractivity contribution >= 4 is 11.8 Å². The van der Waals surface area contributed by atoms with E-state index >= 15 is 0 Å². The largest absolute Gasteiger partial charge is 0.390 e. The molecule has 2 saturated heterocycles. The number of fused-ring (bicyclic) bond motifs is 4. The quantitative estimate of drug-likeness (QED) is 0.358. The lowest BCUT2D eigenvalue weighted by atomic mass is 9.38. The van der Waals surface area contributed by atoms with Crippen LogP contribution in [0.3, 0.4) is 0 Å². The van der Waals surface area contributed by atoms with E-state index in [-0.39, 0.29) is 68.9 Å². The van der Waals surface area contributed by atoms with Gasteiger partial charge in [-0.2, -0.15) is 0 Å². The molecule has 2 aliphatic heterocycles. The Balaban J connectivity index is 1.02. The Hall–Kier alpha value is -1.22. The molecule has 47 heavy (non-hydrogen) atoms. The summed E-state index contributed by atoms with van der Waals surface area (Å²) in [5, 5.41) is 12.4. The van der Waals surface area contributed by atoms with E-state index in [1.54, 1.807) is 0 Å². The minimum Gasteiger partial charge on any atom is -0.390 e. The lowest BCUT2D eigenvalue weighted by Gasteiger charge is -2.67. The van der Waals surface area contributed by atoms with Crippen molar-refractivity contribution in [2.45, 2.75) is 156 Å². The molecule has 8 fully saturated rings. The molecule has 8 nitrogen and oxygen atoms in total. The zero-order valence-corrected chi connectivity index (χ0v) is 30.0. The number of carbonyl (C=O) groups is 2. The molecule has 6 aliphatic carbocycles. The Bertz CT molecular complexity index is 1300. The van der Waals surface area contributed by atoms with Crippen LogP contribution in [-0.4, -0.2) is 72.2 Å². The number of morpholine rings is 1. The van der Waals surface area contributed by atoms with E-state index in [0.29, 0.717) is 62.6 Å². The molecule has 2 amide bonds. The Morgan fingerprint density at radius 3 is 2.51 bits per heavy atom. The number of hydrogen-bond donors (Lipinski definition) is 2. The maximum Gasteiger partial charge on any atom is 0.223 e. The van der Waals surface area contributed by atoms with E-state index in [9.17, 15) is 14.7 Å². The maximum atomic E-state index is 12.9. The van der Waals surface area contributed by atoms with Crippen LogP contribution in [0.2, 0.25) is 0 Å². The fraction of sp³-hybridized carbons (Fsp3) is 0.949. The van der Waals surface area contributed by atoms with Gasteiger partial charge in [0.2, 0.25) is 11.8 Å². The second-order valence-electron chi connectivity index (χ2n) is 19.1. The van der Waals surface area contributed by atoms with Crippen molar-refractivity contribution in [1.82, 2.24) is 4.90 Å². The van der Waals surface area contributed by atoms with Gasteiger partial charge in [-0.25, -0.2) is 0 Å². The van der Waals surface area contributed by atoms with Crippen LogP contribution in [0.15, 0.2) is 0 Å². The first-order valence-corrected chi connectivity index (χ1v) is 19.3. The normalized spacial score (nSPS) is 52.8. The summed E-state index contributed by atoms with van der Waals surface area (Å²) >= 11 is 0. The summed E-state index contributed by atoms with van der Waals surface area (Å²) < 4.78 is 19.8. The summed E-state index contributed by atoms with van der Waals surface area (Å²) in [6.07, 6.45) is 12.2. The van der Waals surface area contributed by atoms with Crippen LogP contribution in [-0.2, 0) is 23.8 Å². The number of amides is 2. The van der Waals surface area contributed by atoms with E-state index < -0.39 is 6.10 Å². The Morgan fingerprint density at radius 2 is 1.79 bits per heavy atom. The number of primary amides is 1. The molecule has 0 aromatic carbocycles. The van der Waals surface area contributed by atoms with Crippen LogP contribution in [0.1, 0.15) is 125 Å².